The van der Waals surface area contributed by atoms with Gasteiger partial charge in [-0.15, -0.1) is 11.6 Å². The number of benzene rings is 1. The first kappa shape index (κ1) is 10.4. The van der Waals surface area contributed by atoms with Gasteiger partial charge in [-0.3, -0.25) is 0 Å². The Morgan fingerprint density at radius 1 is 1.38 bits per heavy atom. The van der Waals surface area contributed by atoms with Crippen LogP contribution in [0.4, 0.5) is 0 Å². The second-order valence-corrected chi connectivity index (χ2v) is 3.46. The molecule has 0 amide bonds. The Bertz CT molecular complexity index is 271. The van der Waals surface area contributed by atoms with E-state index in [1.807, 2.05) is 6.07 Å². The van der Waals surface area contributed by atoms with E-state index in [4.69, 9.17) is 16.3 Å². The van der Waals surface area contributed by atoms with Crippen molar-refractivity contribution < 1.29 is 4.74 Å². The molecule has 0 aliphatic heterocycles. The second-order valence-electron chi connectivity index (χ2n) is 3.08. The van der Waals surface area contributed by atoms with Gasteiger partial charge in [0.25, 0.3) is 0 Å². The highest BCUT2D eigenvalue weighted by Gasteiger charge is 1.99. The minimum absolute atomic E-state index is 0.719. The van der Waals surface area contributed by atoms with E-state index >= 15 is 0 Å². The molecule has 1 aromatic carbocycles. The minimum Gasteiger partial charge on any atom is -0.497 e. The molecule has 0 aliphatic rings. The molecule has 1 nitrogen and oxygen atoms in total. The van der Waals surface area contributed by atoms with Gasteiger partial charge in [-0.2, -0.15) is 0 Å². The van der Waals surface area contributed by atoms with Crippen molar-refractivity contribution in [1.82, 2.24) is 0 Å². The van der Waals surface area contributed by atoms with Crippen molar-refractivity contribution in [2.45, 2.75) is 19.8 Å². The number of hydrogen-bond acceptors (Lipinski definition) is 1. The standard InChI is InChI=1S/C11H15ClO/c1-9-5-6-11(13-2)8-10(9)4-3-7-12/h5-6,8H,3-4,7H2,1-2H3. The zero-order chi connectivity index (χ0) is 9.68. The fourth-order valence-corrected chi connectivity index (χ4v) is 1.44. The van der Waals surface area contributed by atoms with Crippen molar-refractivity contribution in [3.63, 3.8) is 0 Å². The van der Waals surface area contributed by atoms with Gasteiger partial charge in [0, 0.05) is 5.88 Å². The van der Waals surface area contributed by atoms with Crippen molar-refractivity contribution in [1.29, 1.82) is 0 Å². The third kappa shape index (κ3) is 2.92. The third-order valence-corrected chi connectivity index (χ3v) is 2.40. The van der Waals surface area contributed by atoms with Gasteiger partial charge in [-0.05, 0) is 43.0 Å². The summed E-state index contributed by atoms with van der Waals surface area (Å²) < 4.78 is 5.16. The molecule has 0 N–H and O–H groups in total. The third-order valence-electron chi connectivity index (χ3n) is 2.14. The van der Waals surface area contributed by atoms with E-state index in [9.17, 15) is 0 Å². The molecule has 1 rings (SSSR count). The smallest absolute Gasteiger partial charge is 0.119 e. The second kappa shape index (κ2) is 5.13. The maximum atomic E-state index is 5.65. The van der Waals surface area contributed by atoms with E-state index in [2.05, 4.69) is 19.1 Å². The molecule has 0 saturated heterocycles. The van der Waals surface area contributed by atoms with Gasteiger partial charge >= 0.3 is 0 Å². The number of ether oxygens (including phenoxy) is 1. The van der Waals surface area contributed by atoms with E-state index in [1.165, 1.54) is 11.1 Å². The van der Waals surface area contributed by atoms with E-state index in [0.29, 0.717) is 0 Å². The summed E-state index contributed by atoms with van der Waals surface area (Å²) in [4.78, 5) is 0. The molecular formula is C11H15ClO. The van der Waals surface area contributed by atoms with Gasteiger partial charge in [0.1, 0.15) is 5.75 Å². The predicted octanol–water partition coefficient (Wildman–Crippen LogP) is 3.18. The molecule has 13 heavy (non-hydrogen) atoms. The largest absolute Gasteiger partial charge is 0.497 e. The van der Waals surface area contributed by atoms with Crippen LogP contribution in [0.5, 0.6) is 5.75 Å². The minimum atomic E-state index is 0.719. The van der Waals surface area contributed by atoms with Crippen molar-refractivity contribution >= 4 is 11.6 Å². The van der Waals surface area contributed by atoms with Crippen LogP contribution in [-0.2, 0) is 6.42 Å². The van der Waals surface area contributed by atoms with Crippen LogP contribution in [0.15, 0.2) is 18.2 Å². The molecular weight excluding hydrogens is 184 g/mol. The fraction of sp³-hybridized carbons (Fsp3) is 0.455. The van der Waals surface area contributed by atoms with Gasteiger partial charge in [-0.1, -0.05) is 6.07 Å². The molecule has 0 bridgehead atoms. The maximum absolute atomic E-state index is 5.65. The van der Waals surface area contributed by atoms with E-state index < -0.39 is 0 Å². The van der Waals surface area contributed by atoms with E-state index in [-0.39, 0.29) is 0 Å². The molecule has 1 aromatic rings. The highest BCUT2D eigenvalue weighted by molar-refractivity contribution is 6.17. The van der Waals surface area contributed by atoms with Gasteiger partial charge in [0.15, 0.2) is 0 Å². The average Bonchev–Trinajstić information content (AvgIpc) is 2.17. The Morgan fingerprint density at radius 3 is 2.77 bits per heavy atom. The van der Waals surface area contributed by atoms with Crippen molar-refractivity contribution in [3.05, 3.63) is 29.3 Å². The lowest BCUT2D eigenvalue weighted by molar-refractivity contribution is 0.414. The average molecular weight is 199 g/mol. The normalized spacial score (nSPS) is 10.1. The number of halogens is 1. The molecule has 0 unspecified atom stereocenters. The van der Waals surface area contributed by atoms with Crippen LogP contribution < -0.4 is 4.74 Å². The molecule has 0 aliphatic carbocycles. The van der Waals surface area contributed by atoms with Crippen LogP contribution in [0.3, 0.4) is 0 Å². The summed E-state index contributed by atoms with van der Waals surface area (Å²) in [7, 11) is 1.69. The van der Waals surface area contributed by atoms with E-state index in [1.54, 1.807) is 7.11 Å². The van der Waals surface area contributed by atoms with Crippen molar-refractivity contribution in [3.8, 4) is 5.75 Å². The molecule has 0 atom stereocenters. The maximum Gasteiger partial charge on any atom is 0.119 e. The zero-order valence-corrected chi connectivity index (χ0v) is 8.90. The van der Waals surface area contributed by atoms with Crippen molar-refractivity contribution in [2.75, 3.05) is 13.0 Å². The van der Waals surface area contributed by atoms with Gasteiger partial charge in [0.2, 0.25) is 0 Å². The SMILES string of the molecule is COc1ccc(C)c(CCCCl)c1. The highest BCUT2D eigenvalue weighted by Crippen LogP contribution is 2.18. The quantitative estimate of drug-likeness (QED) is 0.676. The molecule has 0 saturated carbocycles. The van der Waals surface area contributed by atoms with Gasteiger partial charge in [-0.25, -0.2) is 0 Å². The highest BCUT2D eigenvalue weighted by atomic mass is 35.5. The first-order valence-corrected chi connectivity index (χ1v) is 5.01. The van der Waals surface area contributed by atoms with E-state index in [0.717, 1.165) is 24.5 Å². The summed E-state index contributed by atoms with van der Waals surface area (Å²) in [5, 5.41) is 0. The number of aryl methyl sites for hydroxylation is 2. The Kier molecular flexibility index (Phi) is 4.10. The van der Waals surface area contributed by atoms with Crippen LogP contribution in [0, 0.1) is 6.92 Å². The lowest BCUT2D eigenvalue weighted by Crippen LogP contribution is -1.92. The van der Waals surface area contributed by atoms with Crippen LogP contribution in [0.1, 0.15) is 17.5 Å². The summed E-state index contributed by atoms with van der Waals surface area (Å²) in [6.45, 7) is 2.11. The monoisotopic (exact) mass is 198 g/mol. The summed E-state index contributed by atoms with van der Waals surface area (Å²) in [5.74, 6) is 1.64. The summed E-state index contributed by atoms with van der Waals surface area (Å²) in [6.07, 6.45) is 2.06. The number of methoxy groups -OCH3 is 1. The number of rotatable bonds is 4. The van der Waals surface area contributed by atoms with Gasteiger partial charge in [0.05, 0.1) is 7.11 Å². The van der Waals surface area contributed by atoms with Crippen LogP contribution in [-0.4, -0.2) is 13.0 Å². The zero-order valence-electron chi connectivity index (χ0n) is 8.14. The lowest BCUT2D eigenvalue weighted by Gasteiger charge is -2.07. The molecule has 0 spiro atoms. The summed E-state index contributed by atoms with van der Waals surface area (Å²) in [5.41, 5.74) is 2.64. The van der Waals surface area contributed by atoms with Crippen LogP contribution >= 0.6 is 11.6 Å². The Hall–Kier alpha value is -0.690. The summed E-state index contributed by atoms with van der Waals surface area (Å²) >= 11 is 5.65. The molecule has 0 fully saturated rings. The number of hydrogen-bond donors (Lipinski definition) is 0. The first-order chi connectivity index (χ1) is 6.27. The molecule has 0 aromatic heterocycles. The topological polar surface area (TPSA) is 9.23 Å². The molecule has 0 radical (unpaired) electrons. The molecule has 0 heterocycles. The van der Waals surface area contributed by atoms with Crippen molar-refractivity contribution in [2.24, 2.45) is 0 Å². The predicted molar refractivity (Wildman–Crippen MR) is 56.8 cm³/mol. The first-order valence-electron chi connectivity index (χ1n) is 4.47. The van der Waals surface area contributed by atoms with Gasteiger partial charge < -0.3 is 4.74 Å². The Morgan fingerprint density at radius 2 is 2.15 bits per heavy atom. The van der Waals surface area contributed by atoms with Crippen LogP contribution in [0.25, 0.3) is 0 Å². The van der Waals surface area contributed by atoms with Crippen LogP contribution in [0.2, 0.25) is 0 Å². The summed E-state index contributed by atoms with van der Waals surface area (Å²) in [6, 6.07) is 6.16. The molecule has 72 valence electrons. The molecule has 2 heteroatoms. The number of alkyl halides is 1. The lowest BCUT2D eigenvalue weighted by atomic mass is 10.0. The fourth-order valence-electron chi connectivity index (χ4n) is 1.30. The Labute approximate surface area is 84.7 Å². The Balaban J connectivity index is 2.78.